The molecule has 0 amide bonds. The maximum atomic E-state index is 11.4. The fraction of sp³-hybridized carbons (Fsp3) is 0.429. The van der Waals surface area contributed by atoms with Gasteiger partial charge in [0.25, 0.3) is 0 Å². The minimum Gasteiger partial charge on any atom is -0.481 e. The summed E-state index contributed by atoms with van der Waals surface area (Å²) < 4.78 is 0. The van der Waals surface area contributed by atoms with E-state index in [0.717, 1.165) is 5.56 Å². The zero-order valence-corrected chi connectivity index (χ0v) is 12.6. The Balaban J connectivity index is 2.09. The maximum absolute atomic E-state index is 11.4. The lowest BCUT2D eigenvalue weighted by molar-refractivity contribution is -0.145. The molecule has 4 N–H and O–H groups in total. The van der Waals surface area contributed by atoms with Crippen LogP contribution >= 0.6 is 23.2 Å². The zero-order valence-electron chi connectivity index (χ0n) is 11.1. The van der Waals surface area contributed by atoms with E-state index in [1.165, 1.54) is 0 Å². The molecule has 1 fully saturated rings. The second kappa shape index (κ2) is 5.83. The Labute approximate surface area is 131 Å². The van der Waals surface area contributed by atoms with Crippen molar-refractivity contribution >= 4 is 35.1 Å². The molecular weight excluding hydrogens is 317 g/mol. The van der Waals surface area contributed by atoms with Crippen molar-refractivity contribution in [2.75, 3.05) is 0 Å². The molecule has 1 aromatic carbocycles. The van der Waals surface area contributed by atoms with Gasteiger partial charge in [0.05, 0.1) is 16.0 Å². The van der Waals surface area contributed by atoms with E-state index in [9.17, 15) is 14.7 Å². The van der Waals surface area contributed by atoms with Crippen molar-refractivity contribution in [1.82, 2.24) is 0 Å². The number of carbonyl (C=O) groups is 2. The molecule has 0 aromatic heterocycles. The lowest BCUT2D eigenvalue weighted by atomic mass is 9.86. The van der Waals surface area contributed by atoms with Crippen molar-refractivity contribution in [3.8, 4) is 0 Å². The Morgan fingerprint density at radius 1 is 1.29 bits per heavy atom. The van der Waals surface area contributed by atoms with E-state index in [4.69, 9.17) is 34.0 Å². The largest absolute Gasteiger partial charge is 0.481 e. The van der Waals surface area contributed by atoms with Crippen LogP contribution in [-0.4, -0.2) is 27.7 Å². The minimum absolute atomic E-state index is 0.148. The summed E-state index contributed by atoms with van der Waals surface area (Å²) in [6, 6.07) is 5.04. The van der Waals surface area contributed by atoms with Gasteiger partial charge in [-0.2, -0.15) is 0 Å². The first-order valence-corrected chi connectivity index (χ1v) is 7.20. The summed E-state index contributed by atoms with van der Waals surface area (Å²) in [7, 11) is 0. The van der Waals surface area contributed by atoms with Crippen molar-refractivity contribution < 1.29 is 19.8 Å². The molecule has 0 radical (unpaired) electrons. The van der Waals surface area contributed by atoms with Crippen LogP contribution in [0.3, 0.4) is 0 Å². The molecule has 0 heterocycles. The number of carboxylic acid groups (broad SMARTS) is 2. The van der Waals surface area contributed by atoms with Crippen LogP contribution in [0.2, 0.25) is 10.0 Å². The van der Waals surface area contributed by atoms with Gasteiger partial charge in [-0.3, -0.25) is 9.59 Å². The minimum atomic E-state index is -1.53. The Morgan fingerprint density at radius 2 is 1.95 bits per heavy atom. The van der Waals surface area contributed by atoms with Gasteiger partial charge < -0.3 is 15.9 Å². The van der Waals surface area contributed by atoms with Crippen molar-refractivity contribution in [2.45, 2.75) is 24.8 Å². The van der Waals surface area contributed by atoms with E-state index in [2.05, 4.69) is 0 Å². The van der Waals surface area contributed by atoms with E-state index in [1.807, 2.05) is 0 Å². The van der Waals surface area contributed by atoms with Crippen LogP contribution in [0.5, 0.6) is 0 Å². The van der Waals surface area contributed by atoms with E-state index in [1.54, 1.807) is 18.2 Å². The van der Waals surface area contributed by atoms with Gasteiger partial charge in [0, 0.05) is 5.92 Å². The number of rotatable bonds is 6. The molecule has 3 atom stereocenters. The molecule has 0 saturated heterocycles. The first kappa shape index (κ1) is 16.1. The molecular formula is C14H15Cl2NO4. The average molecular weight is 332 g/mol. The molecule has 0 spiro atoms. The molecule has 5 nitrogen and oxygen atoms in total. The quantitative estimate of drug-likeness (QED) is 0.743. The Morgan fingerprint density at radius 3 is 2.43 bits per heavy atom. The Hall–Kier alpha value is -1.30. The summed E-state index contributed by atoms with van der Waals surface area (Å²) in [6.07, 6.45) is 0.844. The molecule has 1 aromatic rings. The number of carboxylic acids is 2. The number of nitrogens with two attached hydrogens (primary N) is 1. The van der Waals surface area contributed by atoms with Crippen LogP contribution in [0.4, 0.5) is 0 Å². The van der Waals surface area contributed by atoms with Crippen molar-refractivity contribution in [1.29, 1.82) is 0 Å². The molecule has 1 aliphatic carbocycles. The van der Waals surface area contributed by atoms with Gasteiger partial charge in [0.15, 0.2) is 0 Å². The van der Waals surface area contributed by atoms with Gasteiger partial charge in [-0.15, -0.1) is 0 Å². The average Bonchev–Trinajstić information content (AvgIpc) is 3.20. The van der Waals surface area contributed by atoms with Gasteiger partial charge in [-0.25, -0.2) is 0 Å². The van der Waals surface area contributed by atoms with Gasteiger partial charge >= 0.3 is 11.9 Å². The fourth-order valence-corrected chi connectivity index (χ4v) is 2.86. The summed E-state index contributed by atoms with van der Waals surface area (Å²) >= 11 is 11.7. The summed E-state index contributed by atoms with van der Waals surface area (Å²) in [6.45, 7) is 0. The number of hydrogen-bond donors (Lipinski definition) is 3. The molecule has 1 saturated carbocycles. The van der Waals surface area contributed by atoms with E-state index in [-0.39, 0.29) is 6.42 Å². The molecule has 1 unspecified atom stereocenters. The van der Waals surface area contributed by atoms with Gasteiger partial charge in [-0.1, -0.05) is 29.3 Å². The second-order valence-corrected chi connectivity index (χ2v) is 6.20. The van der Waals surface area contributed by atoms with Crippen molar-refractivity contribution in [3.05, 3.63) is 33.8 Å². The number of halogens is 2. The monoisotopic (exact) mass is 331 g/mol. The number of aliphatic carboxylic acids is 2. The van der Waals surface area contributed by atoms with Gasteiger partial charge in [0.1, 0.15) is 5.54 Å². The third-order valence-electron chi connectivity index (χ3n) is 3.98. The highest BCUT2D eigenvalue weighted by Gasteiger charge is 2.57. The van der Waals surface area contributed by atoms with Gasteiger partial charge in [-0.05, 0) is 37.0 Å². The van der Waals surface area contributed by atoms with Crippen molar-refractivity contribution in [2.24, 2.45) is 17.6 Å². The predicted molar refractivity (Wildman–Crippen MR) is 78.6 cm³/mol. The fourth-order valence-electron chi connectivity index (χ4n) is 2.53. The van der Waals surface area contributed by atoms with Crippen LogP contribution in [0.25, 0.3) is 0 Å². The van der Waals surface area contributed by atoms with Crippen LogP contribution in [-0.2, 0) is 16.0 Å². The topological polar surface area (TPSA) is 101 Å². The first-order chi connectivity index (χ1) is 9.75. The summed E-state index contributed by atoms with van der Waals surface area (Å²) in [4.78, 5) is 22.4. The van der Waals surface area contributed by atoms with E-state index >= 15 is 0 Å². The van der Waals surface area contributed by atoms with Crippen LogP contribution in [0.1, 0.15) is 18.4 Å². The van der Waals surface area contributed by atoms with E-state index in [0.29, 0.717) is 22.9 Å². The van der Waals surface area contributed by atoms with Crippen LogP contribution < -0.4 is 5.73 Å². The number of hydrogen-bond acceptors (Lipinski definition) is 3. The Kier molecular flexibility index (Phi) is 4.46. The second-order valence-electron chi connectivity index (χ2n) is 5.38. The molecule has 0 bridgehead atoms. The third-order valence-corrected chi connectivity index (χ3v) is 4.72. The highest BCUT2D eigenvalue weighted by atomic mass is 35.5. The third kappa shape index (κ3) is 3.31. The lowest BCUT2D eigenvalue weighted by Gasteiger charge is -2.25. The summed E-state index contributed by atoms with van der Waals surface area (Å²) in [5, 5.41) is 19.1. The predicted octanol–water partition coefficient (Wildman–Crippen LogP) is 2.43. The summed E-state index contributed by atoms with van der Waals surface area (Å²) in [5.74, 6) is -3.36. The number of aryl methyl sites for hydroxylation is 1. The smallest absolute Gasteiger partial charge is 0.324 e. The Bertz CT molecular complexity index is 592. The maximum Gasteiger partial charge on any atom is 0.324 e. The first-order valence-electron chi connectivity index (χ1n) is 6.44. The van der Waals surface area contributed by atoms with Crippen LogP contribution in [0.15, 0.2) is 18.2 Å². The standard InChI is InChI=1S/C14H15Cl2NO4/c15-10-2-1-7(5-11(10)16)3-4-14(17,13(20)21)9-6-8(9)12(18)19/h1-2,5,8-9H,3-4,6,17H2,(H,18,19)(H,20,21)/t8-,9?,14+/m0/s1. The normalized spacial score (nSPS) is 23.4. The molecule has 0 aliphatic heterocycles. The highest BCUT2D eigenvalue weighted by molar-refractivity contribution is 6.42. The molecule has 7 heteroatoms. The summed E-state index contributed by atoms with van der Waals surface area (Å²) in [5.41, 5.74) is 5.25. The molecule has 114 valence electrons. The van der Waals surface area contributed by atoms with Crippen molar-refractivity contribution in [3.63, 3.8) is 0 Å². The van der Waals surface area contributed by atoms with Gasteiger partial charge in [0.2, 0.25) is 0 Å². The lowest BCUT2D eigenvalue weighted by Crippen LogP contribution is -2.51. The molecule has 2 rings (SSSR count). The van der Waals surface area contributed by atoms with E-state index < -0.39 is 29.3 Å². The number of benzene rings is 1. The highest BCUT2D eigenvalue weighted by Crippen LogP contribution is 2.47. The molecule has 1 aliphatic rings. The zero-order chi connectivity index (χ0) is 15.8. The van der Waals surface area contributed by atoms with Crippen LogP contribution in [0, 0.1) is 11.8 Å². The SMILES string of the molecule is N[C@@](CCc1ccc(Cl)c(Cl)c1)(C(=O)O)C1C[C@@H]1C(=O)O. The molecule has 21 heavy (non-hydrogen) atoms.